The Morgan fingerprint density at radius 3 is 1.80 bits per heavy atom. The zero-order chi connectivity index (χ0) is 25.5. The second kappa shape index (κ2) is 12.1. The fourth-order valence-electron chi connectivity index (χ4n) is 4.64. The lowest BCUT2D eigenvalue weighted by Crippen LogP contribution is -2.68. The average molecular weight is 493 g/mol. The van der Waals surface area contributed by atoms with Crippen molar-refractivity contribution < 1.29 is 19.4 Å². The zero-order valence-electron chi connectivity index (χ0n) is 21.6. The first-order chi connectivity index (χ1) is 16.7. The number of rotatable bonds is 11. The topological polar surface area (TPSA) is 58.9 Å². The van der Waals surface area contributed by atoms with E-state index in [0.717, 1.165) is 15.9 Å². The van der Waals surface area contributed by atoms with Crippen molar-refractivity contribution in [3.63, 3.8) is 0 Å². The molecule has 5 heteroatoms. The number of hydrogen-bond acceptors (Lipinski definition) is 4. The second-order valence-corrected chi connectivity index (χ2v) is 14.7. The summed E-state index contributed by atoms with van der Waals surface area (Å²) in [4.78, 5) is 0. The Hall–Kier alpha value is -2.28. The molecule has 3 rings (SSSR count). The van der Waals surface area contributed by atoms with Crippen molar-refractivity contribution in [3.8, 4) is 0 Å². The van der Waals surface area contributed by atoms with Gasteiger partial charge in [0.25, 0.3) is 8.32 Å². The van der Waals surface area contributed by atoms with Crippen molar-refractivity contribution in [1.29, 1.82) is 0 Å². The normalized spacial score (nSPS) is 14.9. The fraction of sp³-hybridized carbons (Fsp3) is 0.400. The van der Waals surface area contributed by atoms with E-state index in [0.29, 0.717) is 13.0 Å². The van der Waals surface area contributed by atoms with Gasteiger partial charge in [0.05, 0.1) is 25.4 Å². The highest BCUT2D eigenvalue weighted by Gasteiger charge is 2.52. The van der Waals surface area contributed by atoms with E-state index >= 15 is 0 Å². The fourth-order valence-corrected chi connectivity index (χ4v) is 9.36. The van der Waals surface area contributed by atoms with Crippen molar-refractivity contribution in [2.75, 3.05) is 6.61 Å². The highest BCUT2D eigenvalue weighted by molar-refractivity contribution is 6.99. The van der Waals surface area contributed by atoms with Crippen LogP contribution in [-0.2, 0) is 15.8 Å². The molecular formula is C30H40O4Si. The van der Waals surface area contributed by atoms with Crippen LogP contribution in [0.4, 0.5) is 0 Å². The molecule has 0 unspecified atom stereocenters. The van der Waals surface area contributed by atoms with E-state index in [1.165, 1.54) is 5.56 Å². The highest BCUT2D eigenvalue weighted by Crippen LogP contribution is 2.38. The van der Waals surface area contributed by atoms with Crippen LogP contribution in [0.1, 0.15) is 45.2 Å². The molecular weight excluding hydrogens is 452 g/mol. The van der Waals surface area contributed by atoms with Crippen LogP contribution in [0.2, 0.25) is 5.04 Å². The quantitative estimate of drug-likeness (QED) is 0.385. The second-order valence-electron chi connectivity index (χ2n) is 10.4. The Labute approximate surface area is 211 Å². The molecule has 35 heavy (non-hydrogen) atoms. The standard InChI is InChI=1S/C30H40O4Si/c1-23-16-18-25(19-17-23)22-33-24(2)20-29(28(32)21-31)34-35(30(3,4)5,26-12-8-6-9-13-26)27-14-10-7-11-15-27/h6-19,24,28-29,31-32H,20-22H2,1-5H3/t24-,28-,29+/m1/s1. The predicted octanol–water partition coefficient (Wildman–Crippen LogP) is 4.59. The summed E-state index contributed by atoms with van der Waals surface area (Å²) in [7, 11) is -2.88. The Kier molecular flexibility index (Phi) is 9.45. The summed E-state index contributed by atoms with van der Waals surface area (Å²) in [5, 5.41) is 22.9. The van der Waals surface area contributed by atoms with Crippen molar-refractivity contribution in [3.05, 3.63) is 96.1 Å². The maximum Gasteiger partial charge on any atom is 0.261 e. The molecule has 0 aliphatic rings. The zero-order valence-corrected chi connectivity index (χ0v) is 22.6. The van der Waals surface area contributed by atoms with Gasteiger partial charge in [0.2, 0.25) is 0 Å². The number of benzene rings is 3. The van der Waals surface area contributed by atoms with E-state index in [2.05, 4.69) is 76.2 Å². The number of aryl methyl sites for hydroxylation is 1. The van der Waals surface area contributed by atoms with E-state index in [9.17, 15) is 10.2 Å². The maximum atomic E-state index is 10.9. The van der Waals surface area contributed by atoms with Gasteiger partial charge in [-0.05, 0) is 34.8 Å². The van der Waals surface area contributed by atoms with Gasteiger partial charge >= 0.3 is 0 Å². The molecule has 3 aromatic carbocycles. The van der Waals surface area contributed by atoms with Crippen LogP contribution in [0.3, 0.4) is 0 Å². The molecule has 0 aliphatic carbocycles. The molecule has 0 bridgehead atoms. The molecule has 0 aromatic heterocycles. The SMILES string of the molecule is Cc1ccc(CO[C@H](C)C[C@H](O[Si](c2ccccc2)(c2ccccc2)C(C)(C)C)[C@H](O)CO)cc1. The first-order valence-electron chi connectivity index (χ1n) is 12.4. The van der Waals surface area contributed by atoms with Gasteiger partial charge in [0.15, 0.2) is 0 Å². The number of aliphatic hydroxyl groups is 2. The van der Waals surface area contributed by atoms with E-state index < -0.39 is 20.5 Å². The first-order valence-corrected chi connectivity index (χ1v) is 14.3. The largest absolute Gasteiger partial charge is 0.402 e. The molecule has 0 aliphatic heterocycles. The molecule has 0 amide bonds. The maximum absolute atomic E-state index is 10.9. The minimum atomic E-state index is -2.88. The summed E-state index contributed by atoms with van der Waals surface area (Å²) in [6, 6.07) is 29.0. The summed E-state index contributed by atoms with van der Waals surface area (Å²) in [6.07, 6.45) is -1.29. The smallest absolute Gasteiger partial charge is 0.261 e. The third-order valence-electron chi connectivity index (χ3n) is 6.58. The Morgan fingerprint density at radius 1 is 0.829 bits per heavy atom. The molecule has 0 saturated carbocycles. The van der Waals surface area contributed by atoms with Crippen molar-refractivity contribution in [2.45, 2.75) is 71.0 Å². The van der Waals surface area contributed by atoms with Crippen LogP contribution in [0.5, 0.6) is 0 Å². The Morgan fingerprint density at radius 2 is 1.34 bits per heavy atom. The predicted molar refractivity (Wildman–Crippen MR) is 146 cm³/mol. The molecule has 0 heterocycles. The summed E-state index contributed by atoms with van der Waals surface area (Å²) in [5.74, 6) is 0. The highest BCUT2D eigenvalue weighted by atomic mass is 28.4. The van der Waals surface area contributed by atoms with Crippen LogP contribution < -0.4 is 10.4 Å². The minimum absolute atomic E-state index is 0.166. The van der Waals surface area contributed by atoms with Crippen LogP contribution >= 0.6 is 0 Å². The van der Waals surface area contributed by atoms with E-state index in [1.54, 1.807) is 0 Å². The van der Waals surface area contributed by atoms with Crippen molar-refractivity contribution in [1.82, 2.24) is 0 Å². The van der Waals surface area contributed by atoms with Gasteiger partial charge in [-0.25, -0.2) is 0 Å². The Bertz CT molecular complexity index is 976. The molecule has 3 aromatic rings. The van der Waals surface area contributed by atoms with E-state index in [-0.39, 0.29) is 17.7 Å². The summed E-state index contributed by atoms with van der Waals surface area (Å²) >= 11 is 0. The lowest BCUT2D eigenvalue weighted by atomic mass is 10.1. The van der Waals surface area contributed by atoms with Gasteiger partial charge < -0.3 is 19.4 Å². The van der Waals surface area contributed by atoms with Gasteiger partial charge in [-0.3, -0.25) is 0 Å². The van der Waals surface area contributed by atoms with Crippen LogP contribution in [0, 0.1) is 6.92 Å². The molecule has 188 valence electrons. The van der Waals surface area contributed by atoms with Crippen LogP contribution in [0.15, 0.2) is 84.9 Å². The Balaban J connectivity index is 1.93. The monoisotopic (exact) mass is 492 g/mol. The summed E-state index contributed by atoms with van der Waals surface area (Å²) in [6.45, 7) is 10.8. The molecule has 2 N–H and O–H groups in total. The van der Waals surface area contributed by atoms with Crippen molar-refractivity contribution >= 4 is 18.7 Å². The lowest BCUT2D eigenvalue weighted by Gasteiger charge is -2.46. The molecule has 4 nitrogen and oxygen atoms in total. The lowest BCUT2D eigenvalue weighted by molar-refractivity contribution is -0.0431. The third kappa shape index (κ3) is 6.69. The molecule has 3 atom stereocenters. The number of hydrogen-bond donors (Lipinski definition) is 2. The first kappa shape index (κ1) is 27.3. The van der Waals surface area contributed by atoms with Crippen LogP contribution in [0.25, 0.3) is 0 Å². The van der Waals surface area contributed by atoms with Gasteiger partial charge in [0.1, 0.15) is 6.10 Å². The van der Waals surface area contributed by atoms with Gasteiger partial charge in [-0.15, -0.1) is 0 Å². The third-order valence-corrected chi connectivity index (χ3v) is 11.6. The summed E-state index contributed by atoms with van der Waals surface area (Å²) in [5.41, 5.74) is 2.32. The van der Waals surface area contributed by atoms with E-state index in [1.807, 2.05) is 43.3 Å². The molecule has 0 spiro atoms. The van der Waals surface area contributed by atoms with Gasteiger partial charge in [-0.2, -0.15) is 0 Å². The van der Waals surface area contributed by atoms with Crippen LogP contribution in [-0.4, -0.2) is 43.4 Å². The van der Waals surface area contributed by atoms with Gasteiger partial charge in [-0.1, -0.05) is 111 Å². The van der Waals surface area contributed by atoms with Crippen molar-refractivity contribution in [2.24, 2.45) is 0 Å². The average Bonchev–Trinajstić information content (AvgIpc) is 2.86. The number of aliphatic hydroxyl groups excluding tert-OH is 2. The summed E-state index contributed by atoms with van der Waals surface area (Å²) < 4.78 is 13.3. The molecule has 0 fully saturated rings. The minimum Gasteiger partial charge on any atom is -0.402 e. The molecule has 0 saturated heterocycles. The number of ether oxygens (including phenoxy) is 1. The molecule has 0 radical (unpaired) electrons. The van der Waals surface area contributed by atoms with E-state index in [4.69, 9.17) is 9.16 Å². The van der Waals surface area contributed by atoms with Gasteiger partial charge in [0, 0.05) is 6.42 Å².